The number of amides is 2. The molecule has 0 unspecified atom stereocenters. The molecule has 3 aliphatic rings. The molecule has 16 nitrogen and oxygen atoms in total. The van der Waals surface area contributed by atoms with Crippen molar-refractivity contribution in [2.75, 3.05) is 34.0 Å². The van der Waals surface area contributed by atoms with Gasteiger partial charge in [-0.1, -0.05) is 26.8 Å². The molecule has 2 aliphatic carbocycles. The molecule has 1 saturated heterocycles. The molecule has 8 atom stereocenters. The number of ketones is 1. The Morgan fingerprint density at radius 2 is 1.82 bits per heavy atom. The quantitative estimate of drug-likeness (QED) is 0.0943. The van der Waals surface area contributed by atoms with Crippen LogP contribution in [0.3, 0.4) is 0 Å². The maximum atomic E-state index is 14.2. The van der Waals surface area contributed by atoms with Gasteiger partial charge in [-0.25, -0.2) is 14.4 Å². The smallest absolute Gasteiger partial charge is 0.409 e. The molecule has 308 valence electrons. The first-order valence-electron chi connectivity index (χ1n) is 18.2. The van der Waals surface area contributed by atoms with Gasteiger partial charge < -0.3 is 53.3 Å². The van der Waals surface area contributed by atoms with E-state index >= 15 is 0 Å². The van der Waals surface area contributed by atoms with Crippen molar-refractivity contribution in [1.29, 1.82) is 0 Å². The lowest BCUT2D eigenvalue weighted by atomic mass is 9.39. The lowest BCUT2D eigenvalue weighted by molar-refractivity contribution is -0.369. The van der Waals surface area contributed by atoms with E-state index in [2.05, 4.69) is 27.8 Å². The Hall–Kier alpha value is -4.03. The van der Waals surface area contributed by atoms with Crippen molar-refractivity contribution in [3.63, 3.8) is 0 Å². The van der Waals surface area contributed by atoms with Crippen molar-refractivity contribution in [3.05, 3.63) is 51.3 Å². The number of ether oxygens (including phenoxy) is 6. The highest BCUT2D eigenvalue weighted by molar-refractivity contribution is 9.10. The van der Waals surface area contributed by atoms with E-state index in [1.54, 1.807) is 19.9 Å². The van der Waals surface area contributed by atoms with Crippen LogP contribution in [-0.4, -0.2) is 108 Å². The molecule has 2 heterocycles. The number of likely N-dealkylation sites (N-methyl/N-ethyl adjacent to an activating group) is 1. The summed E-state index contributed by atoms with van der Waals surface area (Å²) in [5.74, 6) is -1.92. The summed E-state index contributed by atoms with van der Waals surface area (Å²) in [7, 11) is 2.92. The number of rotatable bonds is 11. The molecule has 1 aliphatic heterocycles. The fourth-order valence-corrected chi connectivity index (χ4v) is 9.61. The fraction of sp³-hybridized carbons (Fsp3) is 0.615. The first-order valence-corrected chi connectivity index (χ1v) is 19.0. The van der Waals surface area contributed by atoms with Gasteiger partial charge in [0.2, 0.25) is 0 Å². The SMILES string of the molecule is C=C[C@@]1(C)CC(=O)[C@]2(O)[C@@]3(C)[C@@H](O)CCC(C)(C)[C@@H]3[C@H](OC(=O)NCCN(C)C(=O)OCc3cc(=O)oc4cc(OCOC)c(Br)cc34)[C@H](OC(C)=O)[C@@]2(C)O1. The molecule has 3 N–H and O–H groups in total. The standard InChI is InChI=1S/C39H51BrN2O14/c1-10-36(5)18-28(45)39(49)37(6)27(44)11-12-35(3,4)31(37)30(32(53-21(2)43)38(39,7)56-36)55-33(47)41-13-14-42(8)34(48)51-19-22-15-29(46)54-25-17-26(52-20-50-9)24(40)16-23(22)25/h10,15-17,27,30-32,44,49H,1,11-14,18-20H2,2-9H3,(H,41,47)/t27-,30-,31-,32-,36-,37-,38+,39-/m0/s1. The van der Waals surface area contributed by atoms with Crippen LogP contribution >= 0.6 is 15.9 Å². The summed E-state index contributed by atoms with van der Waals surface area (Å²) in [5, 5.41) is 27.5. The number of nitrogens with one attached hydrogen (secondary N) is 1. The minimum Gasteiger partial charge on any atom is -0.466 e. The number of Topliss-reactive ketones (excluding diaryl/α,β-unsaturated/α-hetero) is 1. The van der Waals surface area contributed by atoms with Gasteiger partial charge in [-0.3, -0.25) is 9.59 Å². The second-order valence-corrected chi connectivity index (χ2v) is 16.9. The van der Waals surface area contributed by atoms with Crippen LogP contribution in [0.5, 0.6) is 5.75 Å². The zero-order chi connectivity index (χ0) is 41.6. The monoisotopic (exact) mass is 850 g/mol. The third kappa shape index (κ3) is 7.43. The predicted octanol–water partition coefficient (Wildman–Crippen LogP) is 4.37. The summed E-state index contributed by atoms with van der Waals surface area (Å²) in [6.45, 7) is 12.9. The first kappa shape index (κ1) is 43.1. The van der Waals surface area contributed by atoms with Crippen molar-refractivity contribution in [2.24, 2.45) is 16.7 Å². The maximum absolute atomic E-state index is 14.2. The van der Waals surface area contributed by atoms with Gasteiger partial charge in [0.1, 0.15) is 29.6 Å². The Kier molecular flexibility index (Phi) is 12.1. The van der Waals surface area contributed by atoms with Crippen molar-refractivity contribution < 1.29 is 62.2 Å². The third-order valence-electron chi connectivity index (χ3n) is 11.8. The number of hydrogen-bond acceptors (Lipinski definition) is 14. The average Bonchev–Trinajstić information content (AvgIpc) is 3.11. The van der Waals surface area contributed by atoms with E-state index in [1.807, 2.05) is 13.8 Å². The molecule has 5 rings (SSSR count). The number of carbonyl (C=O) groups excluding carboxylic acids is 4. The number of nitrogens with zero attached hydrogens (tertiary/aromatic N) is 1. The van der Waals surface area contributed by atoms with E-state index < -0.39 is 81.4 Å². The molecule has 17 heteroatoms. The Bertz CT molecular complexity index is 1950. The number of methoxy groups -OCH3 is 1. The summed E-state index contributed by atoms with van der Waals surface area (Å²) in [4.78, 5) is 67.0. The Balaban J connectivity index is 1.32. The van der Waals surface area contributed by atoms with Gasteiger partial charge in [0.15, 0.2) is 24.3 Å². The third-order valence-corrected chi connectivity index (χ3v) is 12.5. The fourth-order valence-electron chi connectivity index (χ4n) is 9.15. The van der Waals surface area contributed by atoms with Crippen LogP contribution < -0.4 is 15.7 Å². The van der Waals surface area contributed by atoms with E-state index in [0.29, 0.717) is 27.6 Å². The van der Waals surface area contributed by atoms with E-state index in [-0.39, 0.29) is 44.9 Å². The summed E-state index contributed by atoms with van der Waals surface area (Å²) in [6.07, 6.45) is -3.90. The number of alkyl carbamates (subject to hydrolysis) is 1. The molecule has 0 bridgehead atoms. The minimum atomic E-state index is -2.38. The van der Waals surface area contributed by atoms with Gasteiger partial charge in [-0.2, -0.15) is 0 Å². The summed E-state index contributed by atoms with van der Waals surface area (Å²) < 4.78 is 40.2. The Morgan fingerprint density at radius 1 is 1.12 bits per heavy atom. The van der Waals surface area contributed by atoms with Gasteiger partial charge in [-0.05, 0) is 54.1 Å². The second-order valence-electron chi connectivity index (χ2n) is 16.1. The number of benzene rings is 1. The van der Waals surface area contributed by atoms with E-state index in [4.69, 9.17) is 32.8 Å². The highest BCUT2D eigenvalue weighted by Crippen LogP contribution is 2.67. The van der Waals surface area contributed by atoms with Gasteiger partial charge >= 0.3 is 23.8 Å². The Morgan fingerprint density at radius 3 is 2.46 bits per heavy atom. The molecule has 56 heavy (non-hydrogen) atoms. The second kappa shape index (κ2) is 15.7. The van der Waals surface area contributed by atoms with Crippen molar-refractivity contribution in [1.82, 2.24) is 10.2 Å². The normalized spacial score (nSPS) is 32.0. The summed E-state index contributed by atoms with van der Waals surface area (Å²) in [6, 6.07) is 4.40. The van der Waals surface area contributed by atoms with Gasteiger partial charge in [0, 0.05) is 75.0 Å². The number of fused-ring (bicyclic) bond motifs is 4. The van der Waals surface area contributed by atoms with Crippen LogP contribution in [0, 0.1) is 16.7 Å². The number of aliphatic hydroxyl groups is 2. The van der Waals surface area contributed by atoms with Gasteiger partial charge in [0.05, 0.1) is 16.2 Å². The molecule has 2 aromatic rings. The molecule has 1 aromatic heterocycles. The molecule has 2 amide bonds. The molecule has 2 saturated carbocycles. The summed E-state index contributed by atoms with van der Waals surface area (Å²) in [5.41, 5.74) is -8.12. The van der Waals surface area contributed by atoms with Crippen LogP contribution in [-0.2, 0) is 39.9 Å². The largest absolute Gasteiger partial charge is 0.466 e. The minimum absolute atomic E-state index is 0.0290. The lowest BCUT2D eigenvalue weighted by Gasteiger charge is -2.71. The molecule has 3 fully saturated rings. The van der Waals surface area contributed by atoms with Crippen LogP contribution in [0.1, 0.15) is 66.4 Å². The number of hydrogen-bond donors (Lipinski definition) is 3. The molecule has 0 spiro atoms. The average molecular weight is 852 g/mol. The highest BCUT2D eigenvalue weighted by atomic mass is 79.9. The summed E-state index contributed by atoms with van der Waals surface area (Å²) >= 11 is 3.42. The Labute approximate surface area is 332 Å². The zero-order valence-corrected chi connectivity index (χ0v) is 34.5. The van der Waals surface area contributed by atoms with E-state index in [0.717, 1.165) is 6.92 Å². The van der Waals surface area contributed by atoms with Crippen molar-refractivity contribution >= 4 is 50.8 Å². The predicted molar refractivity (Wildman–Crippen MR) is 203 cm³/mol. The van der Waals surface area contributed by atoms with Crippen molar-refractivity contribution in [2.45, 2.75) is 103 Å². The maximum Gasteiger partial charge on any atom is 0.409 e. The lowest BCUT2D eigenvalue weighted by Crippen LogP contribution is -2.87. The van der Waals surface area contributed by atoms with Crippen molar-refractivity contribution in [3.8, 4) is 5.75 Å². The van der Waals surface area contributed by atoms with Crippen LogP contribution in [0.4, 0.5) is 9.59 Å². The number of aliphatic hydroxyl groups excluding tert-OH is 1. The van der Waals surface area contributed by atoms with Crippen LogP contribution in [0.2, 0.25) is 0 Å². The van der Waals surface area contributed by atoms with Gasteiger partial charge in [-0.15, -0.1) is 6.58 Å². The first-order chi connectivity index (χ1) is 26.1. The zero-order valence-electron chi connectivity index (χ0n) is 32.9. The molecule has 0 radical (unpaired) electrons. The highest BCUT2D eigenvalue weighted by Gasteiger charge is 2.82. The molecule has 1 aromatic carbocycles. The number of esters is 1. The van der Waals surface area contributed by atoms with E-state index in [1.165, 1.54) is 44.2 Å². The van der Waals surface area contributed by atoms with Crippen LogP contribution in [0.15, 0.2) is 44.5 Å². The van der Waals surface area contributed by atoms with Crippen LogP contribution in [0.25, 0.3) is 11.0 Å². The number of halogens is 1. The molecular weight excluding hydrogens is 800 g/mol. The number of carbonyl (C=O) groups is 4. The van der Waals surface area contributed by atoms with Gasteiger partial charge in [0.25, 0.3) is 0 Å². The molecular formula is C39H51BrN2O14. The van der Waals surface area contributed by atoms with E-state index in [9.17, 15) is 34.2 Å². The topological polar surface area (TPSA) is 210 Å².